The Balaban J connectivity index is 2.21. The van der Waals surface area contributed by atoms with E-state index in [0.717, 1.165) is 23.5 Å². The van der Waals surface area contributed by atoms with Crippen LogP contribution < -0.4 is 11.5 Å². The minimum Gasteiger partial charge on any atom is -0.399 e. The Morgan fingerprint density at radius 1 is 1.00 bits per heavy atom. The summed E-state index contributed by atoms with van der Waals surface area (Å²) in [7, 11) is 0. The zero-order valence-electron chi connectivity index (χ0n) is 12.3. The molecule has 0 saturated carbocycles. The highest BCUT2D eigenvalue weighted by molar-refractivity contribution is 5.55. The molecule has 4 N–H and O–H groups in total. The molecule has 1 unspecified atom stereocenters. The lowest BCUT2D eigenvalue weighted by molar-refractivity contribution is 0.420. The Bertz CT molecular complexity index is 658. The highest BCUT2D eigenvalue weighted by Crippen LogP contribution is 2.52. The zero-order valence-corrected chi connectivity index (χ0v) is 12.3. The maximum absolute atomic E-state index is 5.96. The van der Waals surface area contributed by atoms with Gasteiger partial charge in [-0.3, -0.25) is 4.98 Å². The first-order valence-corrected chi connectivity index (χ1v) is 6.95. The van der Waals surface area contributed by atoms with Gasteiger partial charge in [0, 0.05) is 16.5 Å². The van der Waals surface area contributed by atoms with Crippen LogP contribution in [0.5, 0.6) is 0 Å². The predicted octanol–water partition coefficient (Wildman–Crippen LogP) is 3.23. The van der Waals surface area contributed by atoms with Crippen molar-refractivity contribution < 1.29 is 0 Å². The molecule has 1 atom stereocenters. The summed E-state index contributed by atoms with van der Waals surface area (Å²) in [6, 6.07) is 10.2. The van der Waals surface area contributed by atoms with Crippen molar-refractivity contribution in [1.29, 1.82) is 0 Å². The van der Waals surface area contributed by atoms with Crippen molar-refractivity contribution >= 4 is 11.4 Å². The monoisotopic (exact) mass is 267 g/mol. The van der Waals surface area contributed by atoms with Gasteiger partial charge in [0.15, 0.2) is 0 Å². The van der Waals surface area contributed by atoms with Crippen molar-refractivity contribution in [2.45, 2.75) is 38.0 Å². The second-order valence-corrected chi connectivity index (χ2v) is 6.68. The predicted molar refractivity (Wildman–Crippen MR) is 83.6 cm³/mol. The maximum atomic E-state index is 5.96. The molecule has 0 aliphatic heterocycles. The Morgan fingerprint density at radius 3 is 2.30 bits per heavy atom. The summed E-state index contributed by atoms with van der Waals surface area (Å²) in [5, 5.41) is 0. The summed E-state index contributed by atoms with van der Waals surface area (Å²) in [6.07, 6.45) is 2.78. The number of fused-ring (bicyclic) bond motifs is 1. The number of benzene rings is 1. The van der Waals surface area contributed by atoms with Gasteiger partial charge < -0.3 is 11.5 Å². The topological polar surface area (TPSA) is 64.9 Å². The van der Waals surface area contributed by atoms with E-state index in [1.54, 1.807) is 6.20 Å². The van der Waals surface area contributed by atoms with Crippen molar-refractivity contribution in [3.8, 4) is 0 Å². The molecule has 1 aliphatic carbocycles. The van der Waals surface area contributed by atoms with Crippen molar-refractivity contribution in [2.24, 2.45) is 0 Å². The lowest BCUT2D eigenvalue weighted by Crippen LogP contribution is -2.23. The summed E-state index contributed by atoms with van der Waals surface area (Å²) in [6.45, 7) is 6.77. The second kappa shape index (κ2) is 3.98. The quantitative estimate of drug-likeness (QED) is 0.780. The Labute approximate surface area is 120 Å². The lowest BCUT2D eigenvalue weighted by Gasteiger charge is -2.28. The minimum atomic E-state index is -0.0606. The van der Waals surface area contributed by atoms with E-state index in [-0.39, 0.29) is 10.8 Å². The van der Waals surface area contributed by atoms with Crippen molar-refractivity contribution in [3.63, 3.8) is 0 Å². The molecule has 0 amide bonds. The number of rotatable bonds is 1. The Hall–Kier alpha value is -2.03. The van der Waals surface area contributed by atoms with Crippen LogP contribution in [0.2, 0.25) is 0 Å². The normalized spacial score (nSPS) is 23.6. The molecule has 0 spiro atoms. The first-order chi connectivity index (χ1) is 9.33. The molecule has 104 valence electrons. The van der Waals surface area contributed by atoms with E-state index < -0.39 is 0 Å². The molecule has 20 heavy (non-hydrogen) atoms. The van der Waals surface area contributed by atoms with Crippen LogP contribution in [0.25, 0.3) is 0 Å². The SMILES string of the molecule is CC1(C)CC(C)(c2ccc(N)cc2)c2cc(N)cnc21. The summed E-state index contributed by atoms with van der Waals surface area (Å²) >= 11 is 0. The maximum Gasteiger partial charge on any atom is 0.0503 e. The molecule has 2 aromatic rings. The van der Waals surface area contributed by atoms with Crippen LogP contribution in [-0.2, 0) is 10.8 Å². The minimum absolute atomic E-state index is 0.0547. The summed E-state index contributed by atoms with van der Waals surface area (Å²) in [4.78, 5) is 4.60. The fourth-order valence-electron chi connectivity index (χ4n) is 3.61. The average Bonchev–Trinajstić information content (AvgIpc) is 2.58. The molecule has 1 aliphatic rings. The number of nitrogens with zero attached hydrogens (tertiary/aromatic N) is 1. The van der Waals surface area contributed by atoms with Gasteiger partial charge in [-0.1, -0.05) is 32.9 Å². The van der Waals surface area contributed by atoms with Crippen LogP contribution in [0.15, 0.2) is 36.5 Å². The number of aromatic nitrogens is 1. The number of anilines is 2. The van der Waals surface area contributed by atoms with E-state index in [0.29, 0.717) is 0 Å². The van der Waals surface area contributed by atoms with Crippen LogP contribution in [-0.4, -0.2) is 4.98 Å². The zero-order chi connectivity index (χ0) is 14.5. The van der Waals surface area contributed by atoms with Gasteiger partial charge in [0.25, 0.3) is 0 Å². The summed E-state index contributed by atoms with van der Waals surface area (Å²) < 4.78 is 0. The highest BCUT2D eigenvalue weighted by atomic mass is 14.8. The molecular weight excluding hydrogens is 246 g/mol. The molecule has 1 heterocycles. The number of nitrogen functional groups attached to an aromatic ring is 2. The van der Waals surface area contributed by atoms with Gasteiger partial charge in [-0.15, -0.1) is 0 Å². The van der Waals surface area contributed by atoms with Crippen molar-refractivity contribution in [1.82, 2.24) is 4.98 Å². The van der Waals surface area contributed by atoms with E-state index in [4.69, 9.17) is 11.5 Å². The van der Waals surface area contributed by atoms with Gasteiger partial charge >= 0.3 is 0 Å². The van der Waals surface area contributed by atoms with Crippen LogP contribution >= 0.6 is 0 Å². The van der Waals surface area contributed by atoms with Gasteiger partial charge in [-0.25, -0.2) is 0 Å². The van der Waals surface area contributed by atoms with Crippen LogP contribution in [0.4, 0.5) is 11.4 Å². The number of hydrogen-bond acceptors (Lipinski definition) is 3. The van der Waals surface area contributed by atoms with E-state index in [9.17, 15) is 0 Å². The van der Waals surface area contributed by atoms with Crippen molar-refractivity contribution in [3.05, 3.63) is 53.3 Å². The summed E-state index contributed by atoms with van der Waals surface area (Å²) in [5.74, 6) is 0. The van der Waals surface area contributed by atoms with Crippen LogP contribution in [0.3, 0.4) is 0 Å². The van der Waals surface area contributed by atoms with Crippen molar-refractivity contribution in [2.75, 3.05) is 11.5 Å². The van der Waals surface area contributed by atoms with Gasteiger partial charge in [0.05, 0.1) is 17.6 Å². The third-order valence-electron chi connectivity index (χ3n) is 4.49. The molecule has 0 radical (unpaired) electrons. The van der Waals surface area contributed by atoms with Crippen LogP contribution in [0, 0.1) is 0 Å². The largest absolute Gasteiger partial charge is 0.399 e. The van der Waals surface area contributed by atoms with E-state index in [2.05, 4.69) is 44.0 Å². The van der Waals surface area contributed by atoms with Gasteiger partial charge in [-0.05, 0) is 35.7 Å². The first-order valence-electron chi connectivity index (χ1n) is 6.95. The molecule has 1 aromatic carbocycles. The molecule has 0 bridgehead atoms. The number of hydrogen-bond donors (Lipinski definition) is 2. The van der Waals surface area contributed by atoms with Crippen LogP contribution in [0.1, 0.15) is 44.0 Å². The summed E-state index contributed by atoms with van der Waals surface area (Å²) in [5.41, 5.74) is 17.0. The fourth-order valence-corrected chi connectivity index (χ4v) is 3.61. The average molecular weight is 267 g/mol. The van der Waals surface area contributed by atoms with E-state index in [1.165, 1.54) is 11.1 Å². The smallest absolute Gasteiger partial charge is 0.0503 e. The molecule has 1 aromatic heterocycles. The molecule has 3 heteroatoms. The molecule has 3 rings (SSSR count). The van der Waals surface area contributed by atoms with Gasteiger partial charge in [0.2, 0.25) is 0 Å². The molecule has 3 nitrogen and oxygen atoms in total. The second-order valence-electron chi connectivity index (χ2n) is 6.68. The third-order valence-corrected chi connectivity index (χ3v) is 4.49. The lowest BCUT2D eigenvalue weighted by atomic mass is 9.75. The first kappa shape index (κ1) is 13.0. The molecule has 0 fully saturated rings. The highest BCUT2D eigenvalue weighted by Gasteiger charge is 2.46. The molecule has 0 saturated heterocycles. The van der Waals surface area contributed by atoms with E-state index in [1.807, 2.05) is 12.1 Å². The van der Waals surface area contributed by atoms with Gasteiger partial charge in [-0.2, -0.15) is 0 Å². The number of nitrogens with two attached hydrogens (primary N) is 2. The van der Waals surface area contributed by atoms with Gasteiger partial charge in [0.1, 0.15) is 0 Å². The fraction of sp³-hybridized carbons (Fsp3) is 0.353. The standard InChI is InChI=1S/C17H21N3/c1-16(2)10-17(3,11-4-6-12(18)7-5-11)14-8-13(19)9-20-15(14)16/h4-9H,10,18-19H2,1-3H3. The number of pyridine rings is 1. The Kier molecular flexibility index (Phi) is 2.58. The van der Waals surface area contributed by atoms with E-state index >= 15 is 0 Å². The Morgan fingerprint density at radius 2 is 1.65 bits per heavy atom. The third kappa shape index (κ3) is 1.77. The molecular formula is C17H21N3.